The largest absolute Gasteiger partial charge is 0.393 e. The van der Waals surface area contributed by atoms with E-state index in [1.165, 1.54) is 0 Å². The van der Waals surface area contributed by atoms with Crippen LogP contribution in [0.3, 0.4) is 0 Å². The van der Waals surface area contributed by atoms with E-state index in [0.29, 0.717) is 24.0 Å². The van der Waals surface area contributed by atoms with Crippen LogP contribution in [0.1, 0.15) is 25.7 Å². The molecular formula is C12H16ClIN2O2. The second-order valence-corrected chi connectivity index (χ2v) is 6.34. The van der Waals surface area contributed by atoms with E-state index >= 15 is 0 Å². The Bertz CT molecular complexity index is 423. The first-order valence-corrected chi connectivity index (χ1v) is 7.39. The number of rotatable bonds is 3. The van der Waals surface area contributed by atoms with E-state index in [4.69, 9.17) is 16.7 Å². The first-order chi connectivity index (χ1) is 8.52. The molecule has 0 amide bonds. The fourth-order valence-electron chi connectivity index (χ4n) is 2.20. The van der Waals surface area contributed by atoms with Gasteiger partial charge < -0.3 is 15.5 Å². The SMILES string of the molecule is OCC1(O)CCC(Nc2cc(Cl)ncc2I)CC1. The van der Waals surface area contributed by atoms with Gasteiger partial charge in [0.1, 0.15) is 5.15 Å². The molecule has 100 valence electrons. The van der Waals surface area contributed by atoms with E-state index < -0.39 is 5.60 Å². The van der Waals surface area contributed by atoms with Crippen LogP contribution >= 0.6 is 34.2 Å². The molecule has 0 radical (unpaired) electrons. The number of aromatic nitrogens is 1. The molecule has 0 atom stereocenters. The van der Waals surface area contributed by atoms with Gasteiger partial charge in [0.05, 0.1) is 21.5 Å². The van der Waals surface area contributed by atoms with Crippen molar-refractivity contribution < 1.29 is 10.2 Å². The van der Waals surface area contributed by atoms with Crippen LogP contribution in [0.25, 0.3) is 0 Å². The standard InChI is InChI=1S/C12H16ClIN2O2/c13-11-5-10(9(14)6-15-11)16-8-1-3-12(18,7-17)4-2-8/h5-6,8,17-18H,1-4,7H2,(H,15,16). The molecule has 1 fully saturated rings. The lowest BCUT2D eigenvalue weighted by Crippen LogP contribution is -2.41. The summed E-state index contributed by atoms with van der Waals surface area (Å²) in [5.74, 6) is 0. The zero-order chi connectivity index (χ0) is 13.2. The third-order valence-electron chi connectivity index (χ3n) is 3.39. The van der Waals surface area contributed by atoms with Gasteiger partial charge in [-0.15, -0.1) is 0 Å². The van der Waals surface area contributed by atoms with Gasteiger partial charge in [-0.3, -0.25) is 0 Å². The van der Waals surface area contributed by atoms with Gasteiger partial charge in [-0.2, -0.15) is 0 Å². The van der Waals surface area contributed by atoms with Crippen molar-refractivity contribution in [1.29, 1.82) is 0 Å². The van der Waals surface area contributed by atoms with Crippen molar-refractivity contribution in [3.05, 3.63) is 21.0 Å². The third kappa shape index (κ3) is 3.46. The number of anilines is 1. The lowest BCUT2D eigenvalue weighted by molar-refractivity contribution is -0.0438. The summed E-state index contributed by atoms with van der Waals surface area (Å²) in [6, 6.07) is 2.12. The molecule has 0 spiro atoms. The highest BCUT2D eigenvalue weighted by Crippen LogP contribution is 2.31. The van der Waals surface area contributed by atoms with Crippen LogP contribution in [0.2, 0.25) is 5.15 Å². The van der Waals surface area contributed by atoms with Gasteiger partial charge in [0.25, 0.3) is 0 Å². The first kappa shape index (κ1) is 14.3. The van der Waals surface area contributed by atoms with Gasteiger partial charge >= 0.3 is 0 Å². The van der Waals surface area contributed by atoms with Gasteiger partial charge in [0, 0.05) is 12.2 Å². The second kappa shape index (κ2) is 5.90. The van der Waals surface area contributed by atoms with Crippen molar-refractivity contribution in [2.75, 3.05) is 11.9 Å². The van der Waals surface area contributed by atoms with Crippen LogP contribution in [-0.2, 0) is 0 Å². The molecule has 2 rings (SSSR count). The van der Waals surface area contributed by atoms with E-state index in [1.807, 2.05) is 6.07 Å². The lowest BCUT2D eigenvalue weighted by Gasteiger charge is -2.35. The van der Waals surface area contributed by atoms with Gasteiger partial charge in [-0.25, -0.2) is 4.98 Å². The maximum atomic E-state index is 9.95. The summed E-state index contributed by atoms with van der Waals surface area (Å²) in [6.07, 6.45) is 4.66. The number of nitrogens with one attached hydrogen (secondary N) is 1. The van der Waals surface area contributed by atoms with E-state index in [-0.39, 0.29) is 6.61 Å². The monoisotopic (exact) mass is 382 g/mol. The van der Waals surface area contributed by atoms with Crippen molar-refractivity contribution in [3.63, 3.8) is 0 Å². The fourth-order valence-corrected chi connectivity index (χ4v) is 2.81. The Balaban J connectivity index is 1.97. The van der Waals surface area contributed by atoms with E-state index in [9.17, 15) is 5.11 Å². The molecule has 1 aliphatic carbocycles. The topological polar surface area (TPSA) is 65.4 Å². The Morgan fingerprint density at radius 3 is 2.78 bits per heavy atom. The summed E-state index contributed by atoms with van der Waals surface area (Å²) in [6.45, 7) is -0.154. The van der Waals surface area contributed by atoms with Crippen molar-refractivity contribution in [3.8, 4) is 0 Å². The molecule has 0 bridgehead atoms. The molecule has 1 aromatic rings. The van der Waals surface area contributed by atoms with E-state index in [0.717, 1.165) is 22.1 Å². The Morgan fingerprint density at radius 2 is 2.17 bits per heavy atom. The van der Waals surface area contributed by atoms with Gasteiger partial charge in [0.15, 0.2) is 0 Å². The average molecular weight is 383 g/mol. The Morgan fingerprint density at radius 1 is 1.50 bits per heavy atom. The number of nitrogens with zero attached hydrogens (tertiary/aromatic N) is 1. The molecule has 1 aliphatic rings. The minimum atomic E-state index is -0.888. The summed E-state index contributed by atoms with van der Waals surface area (Å²) in [4.78, 5) is 4.01. The molecule has 18 heavy (non-hydrogen) atoms. The Labute approximate surface area is 125 Å². The molecule has 3 N–H and O–H groups in total. The maximum Gasteiger partial charge on any atom is 0.131 e. The lowest BCUT2D eigenvalue weighted by atomic mass is 9.83. The van der Waals surface area contributed by atoms with E-state index in [2.05, 4.69) is 32.9 Å². The normalized spacial score (nSPS) is 28.1. The minimum absolute atomic E-state index is 0.154. The summed E-state index contributed by atoms with van der Waals surface area (Å²) in [5.41, 5.74) is 0.0938. The molecule has 0 aromatic carbocycles. The Kier molecular flexibility index (Phi) is 4.69. The number of halogens is 2. The average Bonchev–Trinajstić information content (AvgIpc) is 2.37. The van der Waals surface area contributed by atoms with Crippen molar-refractivity contribution in [2.24, 2.45) is 0 Å². The highest BCUT2D eigenvalue weighted by molar-refractivity contribution is 14.1. The summed E-state index contributed by atoms with van der Waals surface area (Å²) in [7, 11) is 0. The number of aliphatic hydroxyl groups excluding tert-OH is 1. The van der Waals surface area contributed by atoms with Gasteiger partial charge in [-0.1, -0.05) is 11.6 Å². The fraction of sp³-hybridized carbons (Fsp3) is 0.583. The minimum Gasteiger partial charge on any atom is -0.393 e. The second-order valence-electron chi connectivity index (χ2n) is 4.79. The molecule has 1 aromatic heterocycles. The number of aliphatic hydroxyl groups is 2. The molecule has 1 saturated carbocycles. The first-order valence-electron chi connectivity index (χ1n) is 5.93. The van der Waals surface area contributed by atoms with Crippen LogP contribution in [-0.4, -0.2) is 33.4 Å². The van der Waals surface area contributed by atoms with Crippen molar-refractivity contribution in [2.45, 2.75) is 37.3 Å². The molecular weight excluding hydrogens is 367 g/mol. The van der Waals surface area contributed by atoms with Gasteiger partial charge in [-0.05, 0) is 54.3 Å². The zero-order valence-corrected chi connectivity index (χ0v) is 12.8. The zero-order valence-electron chi connectivity index (χ0n) is 9.87. The van der Waals surface area contributed by atoms with Crippen LogP contribution < -0.4 is 5.32 Å². The summed E-state index contributed by atoms with van der Waals surface area (Å²) in [5, 5.41) is 23.0. The molecule has 1 heterocycles. The molecule has 4 nitrogen and oxygen atoms in total. The quantitative estimate of drug-likeness (QED) is 0.555. The van der Waals surface area contributed by atoms with Crippen molar-refractivity contribution in [1.82, 2.24) is 4.98 Å². The predicted molar refractivity (Wildman–Crippen MR) is 79.9 cm³/mol. The van der Waals surface area contributed by atoms with Crippen LogP contribution in [0.15, 0.2) is 12.3 Å². The van der Waals surface area contributed by atoms with Gasteiger partial charge in [0.2, 0.25) is 0 Å². The van der Waals surface area contributed by atoms with E-state index in [1.54, 1.807) is 6.20 Å². The van der Waals surface area contributed by atoms with Crippen LogP contribution in [0, 0.1) is 3.57 Å². The Hall–Kier alpha value is -0.110. The molecule has 6 heteroatoms. The number of hydrogen-bond donors (Lipinski definition) is 3. The summed E-state index contributed by atoms with van der Waals surface area (Å²) < 4.78 is 1.03. The van der Waals surface area contributed by atoms with Crippen molar-refractivity contribution >= 4 is 39.9 Å². The molecule has 0 unspecified atom stereocenters. The number of hydrogen-bond acceptors (Lipinski definition) is 4. The highest BCUT2D eigenvalue weighted by Gasteiger charge is 2.32. The smallest absolute Gasteiger partial charge is 0.131 e. The molecule has 0 saturated heterocycles. The third-order valence-corrected chi connectivity index (χ3v) is 4.46. The highest BCUT2D eigenvalue weighted by atomic mass is 127. The number of pyridine rings is 1. The predicted octanol–water partition coefficient (Wildman–Crippen LogP) is 2.42. The molecule has 0 aliphatic heterocycles. The maximum absolute atomic E-state index is 9.95. The van der Waals surface area contributed by atoms with Crippen LogP contribution in [0.4, 0.5) is 5.69 Å². The van der Waals surface area contributed by atoms with Crippen LogP contribution in [0.5, 0.6) is 0 Å². The summed E-state index contributed by atoms with van der Waals surface area (Å²) >= 11 is 8.09.